The molecule has 0 spiro atoms. The van der Waals surface area contributed by atoms with Gasteiger partial charge in [0.2, 0.25) is 0 Å². The zero-order chi connectivity index (χ0) is 20.2. The van der Waals surface area contributed by atoms with E-state index in [2.05, 4.69) is 10.5 Å². The molecule has 27 heavy (non-hydrogen) atoms. The number of anilines is 1. The Kier molecular flexibility index (Phi) is 6.48. The largest absolute Gasteiger partial charge is 0.456 e. The Labute approximate surface area is 157 Å². The van der Waals surface area contributed by atoms with E-state index in [1.165, 1.54) is 0 Å². The van der Waals surface area contributed by atoms with Gasteiger partial charge in [-0.25, -0.2) is 0 Å². The van der Waals surface area contributed by atoms with Gasteiger partial charge in [-0.1, -0.05) is 16.8 Å². The highest BCUT2D eigenvalue weighted by Gasteiger charge is 2.31. The first-order valence-corrected chi connectivity index (χ1v) is 8.19. The summed E-state index contributed by atoms with van der Waals surface area (Å²) in [5, 5.41) is 5.89. The third kappa shape index (κ3) is 5.72. The van der Waals surface area contributed by atoms with Gasteiger partial charge in [-0.15, -0.1) is 0 Å². The van der Waals surface area contributed by atoms with Crippen LogP contribution in [0.5, 0.6) is 0 Å². The lowest BCUT2D eigenvalue weighted by atomic mass is 10.1. The third-order valence-corrected chi connectivity index (χ3v) is 4.02. The van der Waals surface area contributed by atoms with E-state index in [1.807, 2.05) is 0 Å². The van der Waals surface area contributed by atoms with Crippen LogP contribution < -0.4 is 5.32 Å². The maximum absolute atomic E-state index is 12.7. The quantitative estimate of drug-likeness (QED) is 0.734. The highest BCUT2D eigenvalue weighted by molar-refractivity contribution is 6.33. The van der Waals surface area contributed by atoms with Gasteiger partial charge in [0.15, 0.2) is 6.61 Å². The number of carbonyl (C=O) groups is 2. The Balaban J connectivity index is 1.86. The van der Waals surface area contributed by atoms with Crippen LogP contribution in [0.4, 0.5) is 18.9 Å². The molecule has 0 saturated carbocycles. The molecule has 0 atom stereocenters. The monoisotopic (exact) mass is 404 g/mol. The molecule has 6 nitrogen and oxygen atoms in total. The second kappa shape index (κ2) is 8.43. The molecule has 1 amide bonds. The van der Waals surface area contributed by atoms with Crippen molar-refractivity contribution in [2.75, 3.05) is 11.9 Å². The molecule has 0 unspecified atom stereocenters. The maximum atomic E-state index is 12.7. The van der Waals surface area contributed by atoms with Crippen LogP contribution in [-0.2, 0) is 26.9 Å². The highest BCUT2D eigenvalue weighted by atomic mass is 35.5. The number of nitrogens with one attached hydrogen (secondary N) is 1. The van der Waals surface area contributed by atoms with Crippen molar-refractivity contribution in [3.05, 3.63) is 45.8 Å². The lowest BCUT2D eigenvalue weighted by Crippen LogP contribution is -2.21. The number of esters is 1. The number of carbonyl (C=O) groups excluding carboxylic acids is 2. The zero-order valence-electron chi connectivity index (χ0n) is 14.4. The molecular weight excluding hydrogens is 389 g/mol. The number of aryl methyl sites for hydroxylation is 2. The number of ether oxygens (including phenoxy) is 1. The van der Waals surface area contributed by atoms with Crippen molar-refractivity contribution >= 4 is 29.2 Å². The fraction of sp³-hybridized carbons (Fsp3) is 0.353. The lowest BCUT2D eigenvalue weighted by Gasteiger charge is -2.11. The first-order chi connectivity index (χ1) is 12.6. The van der Waals surface area contributed by atoms with Crippen molar-refractivity contribution in [3.63, 3.8) is 0 Å². The molecule has 2 aromatic rings. The van der Waals surface area contributed by atoms with E-state index in [-0.39, 0.29) is 17.1 Å². The number of hydrogen-bond donors (Lipinski definition) is 1. The van der Waals surface area contributed by atoms with Crippen LogP contribution in [0.15, 0.2) is 22.7 Å². The first kappa shape index (κ1) is 20.8. The summed E-state index contributed by atoms with van der Waals surface area (Å²) >= 11 is 5.78. The SMILES string of the molecule is Cc1noc(C)c1CCC(=O)OCC(=O)Nc1cc(C(F)(F)F)ccc1Cl. The number of benzene rings is 1. The molecule has 0 fully saturated rings. The summed E-state index contributed by atoms with van der Waals surface area (Å²) in [6.07, 6.45) is -4.24. The molecule has 1 N–H and O–H groups in total. The number of hydrogen-bond acceptors (Lipinski definition) is 5. The summed E-state index contributed by atoms with van der Waals surface area (Å²) in [5.74, 6) is -0.848. The number of amides is 1. The topological polar surface area (TPSA) is 81.4 Å². The average Bonchev–Trinajstić information content (AvgIpc) is 2.90. The van der Waals surface area contributed by atoms with Gasteiger partial charge >= 0.3 is 12.1 Å². The Hall–Kier alpha value is -2.55. The van der Waals surface area contributed by atoms with Gasteiger partial charge in [0.05, 0.1) is 22.0 Å². The molecular formula is C17H16ClF3N2O4. The van der Waals surface area contributed by atoms with E-state index < -0.39 is 30.2 Å². The third-order valence-electron chi connectivity index (χ3n) is 3.69. The van der Waals surface area contributed by atoms with Crippen molar-refractivity contribution in [2.24, 2.45) is 0 Å². The minimum Gasteiger partial charge on any atom is -0.456 e. The predicted octanol–water partition coefficient (Wildman–Crippen LogP) is 4.08. The van der Waals surface area contributed by atoms with Crippen LogP contribution in [0.3, 0.4) is 0 Å². The van der Waals surface area contributed by atoms with Gasteiger partial charge in [0.25, 0.3) is 5.91 Å². The van der Waals surface area contributed by atoms with Crippen molar-refractivity contribution in [2.45, 2.75) is 32.9 Å². The number of aromatic nitrogens is 1. The standard InChI is InChI=1S/C17H16ClF3N2O4/c1-9-12(10(2)27-23-9)4-6-16(25)26-8-15(24)22-14-7-11(17(19,20)21)3-5-13(14)18/h3,5,7H,4,6,8H2,1-2H3,(H,22,24). The molecule has 0 saturated heterocycles. The van der Waals surface area contributed by atoms with Gasteiger partial charge in [-0.2, -0.15) is 13.2 Å². The molecule has 1 aromatic heterocycles. The predicted molar refractivity (Wildman–Crippen MR) is 90.3 cm³/mol. The van der Waals surface area contributed by atoms with Gasteiger partial charge in [0, 0.05) is 12.0 Å². The fourth-order valence-electron chi connectivity index (χ4n) is 2.29. The minimum atomic E-state index is -4.57. The molecule has 0 radical (unpaired) electrons. The molecule has 10 heteroatoms. The molecule has 2 rings (SSSR count). The smallest absolute Gasteiger partial charge is 0.416 e. The van der Waals surface area contributed by atoms with Crippen LogP contribution >= 0.6 is 11.6 Å². The van der Waals surface area contributed by atoms with Crippen molar-refractivity contribution < 1.29 is 32.0 Å². The molecule has 0 aliphatic heterocycles. The Morgan fingerprint density at radius 3 is 2.59 bits per heavy atom. The minimum absolute atomic E-state index is 0.000484. The molecule has 0 aliphatic rings. The molecule has 1 aromatic carbocycles. The van der Waals surface area contributed by atoms with E-state index in [0.717, 1.165) is 17.7 Å². The van der Waals surface area contributed by atoms with Gasteiger partial charge in [-0.05, 0) is 38.5 Å². The summed E-state index contributed by atoms with van der Waals surface area (Å²) in [6.45, 7) is 2.81. The molecule has 0 bridgehead atoms. The van der Waals surface area contributed by atoms with Gasteiger partial charge < -0.3 is 14.6 Å². The number of alkyl halides is 3. The summed E-state index contributed by atoms with van der Waals surface area (Å²) in [5.41, 5.74) is 0.270. The molecule has 1 heterocycles. The van der Waals surface area contributed by atoms with E-state index in [9.17, 15) is 22.8 Å². The zero-order valence-corrected chi connectivity index (χ0v) is 15.2. The van der Waals surface area contributed by atoms with E-state index in [0.29, 0.717) is 23.9 Å². The van der Waals surface area contributed by atoms with Gasteiger partial charge in [0.1, 0.15) is 5.76 Å². The fourth-order valence-corrected chi connectivity index (χ4v) is 2.45. The van der Waals surface area contributed by atoms with Crippen molar-refractivity contribution in [1.82, 2.24) is 5.16 Å². The summed E-state index contributed by atoms with van der Waals surface area (Å²) in [6, 6.07) is 2.53. The molecule has 0 aliphatic carbocycles. The second-order valence-electron chi connectivity index (χ2n) is 5.70. The maximum Gasteiger partial charge on any atom is 0.416 e. The van der Waals surface area contributed by atoms with Crippen molar-refractivity contribution in [3.8, 4) is 0 Å². The summed E-state index contributed by atoms with van der Waals surface area (Å²) in [4.78, 5) is 23.6. The number of rotatable bonds is 6. The Morgan fingerprint density at radius 2 is 2.00 bits per heavy atom. The number of nitrogens with zero attached hydrogens (tertiary/aromatic N) is 1. The van der Waals surface area contributed by atoms with Crippen LogP contribution in [0.25, 0.3) is 0 Å². The first-order valence-electron chi connectivity index (χ1n) is 7.82. The van der Waals surface area contributed by atoms with E-state index in [4.69, 9.17) is 20.9 Å². The summed E-state index contributed by atoms with van der Waals surface area (Å²) in [7, 11) is 0. The van der Waals surface area contributed by atoms with Crippen LogP contribution in [-0.4, -0.2) is 23.6 Å². The lowest BCUT2D eigenvalue weighted by molar-refractivity contribution is -0.147. The van der Waals surface area contributed by atoms with Gasteiger partial charge in [-0.3, -0.25) is 9.59 Å². The summed E-state index contributed by atoms with van der Waals surface area (Å²) < 4.78 is 47.9. The van der Waals surface area contributed by atoms with E-state index in [1.54, 1.807) is 13.8 Å². The normalized spacial score (nSPS) is 11.3. The number of halogens is 4. The Morgan fingerprint density at radius 1 is 1.30 bits per heavy atom. The average molecular weight is 405 g/mol. The highest BCUT2D eigenvalue weighted by Crippen LogP contribution is 2.33. The second-order valence-corrected chi connectivity index (χ2v) is 6.11. The van der Waals surface area contributed by atoms with Crippen LogP contribution in [0.2, 0.25) is 5.02 Å². The Bertz CT molecular complexity index is 830. The van der Waals surface area contributed by atoms with Crippen molar-refractivity contribution in [1.29, 1.82) is 0 Å². The van der Waals surface area contributed by atoms with E-state index >= 15 is 0 Å². The van der Waals surface area contributed by atoms with Crippen LogP contribution in [0.1, 0.15) is 29.0 Å². The van der Waals surface area contributed by atoms with Crippen LogP contribution in [0, 0.1) is 13.8 Å². The molecule has 146 valence electrons.